The fourth-order valence-corrected chi connectivity index (χ4v) is 2.78. The van der Waals surface area contributed by atoms with Crippen LogP contribution in [-0.2, 0) is 17.9 Å². The Hall–Kier alpha value is -1.63. The van der Waals surface area contributed by atoms with Crippen LogP contribution >= 0.6 is 11.3 Å². The minimum Gasteiger partial charge on any atom is -0.504 e. The van der Waals surface area contributed by atoms with E-state index in [1.807, 2.05) is 7.05 Å². The summed E-state index contributed by atoms with van der Waals surface area (Å²) in [6.07, 6.45) is 0. The summed E-state index contributed by atoms with van der Waals surface area (Å²) in [6.45, 7) is 1.18. The minimum atomic E-state index is -0.142. The highest BCUT2D eigenvalue weighted by Gasteiger charge is 2.13. The molecule has 0 fully saturated rings. The molecule has 0 bridgehead atoms. The maximum absolute atomic E-state index is 9.53. The van der Waals surface area contributed by atoms with Crippen LogP contribution in [-0.4, -0.2) is 29.4 Å². The van der Waals surface area contributed by atoms with E-state index in [9.17, 15) is 10.2 Å². The molecule has 0 spiro atoms. The molecule has 5 nitrogen and oxygen atoms in total. The molecule has 102 valence electrons. The lowest BCUT2D eigenvalue weighted by molar-refractivity contribution is 0.181. The molecule has 6 heteroatoms. The van der Waals surface area contributed by atoms with E-state index >= 15 is 0 Å². The van der Waals surface area contributed by atoms with Crippen LogP contribution in [0.15, 0.2) is 18.2 Å². The maximum atomic E-state index is 9.53. The second-order valence-electron chi connectivity index (χ2n) is 4.06. The van der Waals surface area contributed by atoms with E-state index in [1.54, 1.807) is 24.5 Å². The molecule has 0 radical (unpaired) electrons. The van der Waals surface area contributed by atoms with E-state index in [0.29, 0.717) is 6.61 Å². The van der Waals surface area contributed by atoms with Crippen LogP contribution < -0.4 is 5.32 Å². The van der Waals surface area contributed by atoms with Gasteiger partial charge in [0.1, 0.15) is 5.01 Å². The Morgan fingerprint density at radius 1 is 1.32 bits per heavy atom. The number of phenols is 2. The molecule has 0 amide bonds. The Labute approximate surface area is 115 Å². The Bertz CT molecular complexity index is 546. The first-order chi connectivity index (χ1) is 9.15. The summed E-state index contributed by atoms with van der Waals surface area (Å²) < 4.78 is 5.13. The highest BCUT2D eigenvalue weighted by Crippen LogP contribution is 2.34. The summed E-state index contributed by atoms with van der Waals surface area (Å²) in [4.78, 5) is 5.62. The zero-order chi connectivity index (χ0) is 13.8. The number of hydrogen-bond acceptors (Lipinski definition) is 6. The van der Waals surface area contributed by atoms with E-state index in [1.165, 1.54) is 12.1 Å². The van der Waals surface area contributed by atoms with Gasteiger partial charge in [0.2, 0.25) is 0 Å². The Morgan fingerprint density at radius 2 is 2.11 bits per heavy atom. The quantitative estimate of drug-likeness (QED) is 0.731. The lowest BCUT2D eigenvalue weighted by atomic mass is 10.2. The molecular weight excluding hydrogens is 264 g/mol. The van der Waals surface area contributed by atoms with Crippen molar-refractivity contribution in [2.24, 2.45) is 0 Å². The number of phenolic OH excluding ortho intramolecular Hbond substituents is 2. The normalized spacial score (nSPS) is 10.8. The molecule has 0 unspecified atom stereocenters. The minimum absolute atomic E-state index is 0.132. The average Bonchev–Trinajstić information content (AvgIpc) is 2.77. The SMILES string of the molecule is CNCc1sc(-c2ccc(O)c(O)c2)nc1COC. The van der Waals surface area contributed by atoms with E-state index in [4.69, 9.17) is 4.74 Å². The molecule has 1 aromatic heterocycles. The predicted molar refractivity (Wildman–Crippen MR) is 74.4 cm³/mol. The van der Waals surface area contributed by atoms with Crippen molar-refractivity contribution in [2.75, 3.05) is 14.2 Å². The van der Waals surface area contributed by atoms with Crippen LogP contribution in [0.3, 0.4) is 0 Å². The lowest BCUT2D eigenvalue weighted by Gasteiger charge is -1.99. The van der Waals surface area contributed by atoms with Crippen LogP contribution in [0.1, 0.15) is 10.6 Å². The van der Waals surface area contributed by atoms with Gasteiger partial charge < -0.3 is 20.3 Å². The highest BCUT2D eigenvalue weighted by molar-refractivity contribution is 7.15. The molecule has 2 aromatic rings. The summed E-state index contributed by atoms with van der Waals surface area (Å²) in [7, 11) is 3.51. The summed E-state index contributed by atoms with van der Waals surface area (Å²) >= 11 is 1.55. The number of ether oxygens (including phenoxy) is 1. The third kappa shape index (κ3) is 3.04. The largest absolute Gasteiger partial charge is 0.504 e. The van der Waals surface area contributed by atoms with Crippen LogP contribution in [0.25, 0.3) is 10.6 Å². The van der Waals surface area contributed by atoms with Gasteiger partial charge in [0, 0.05) is 24.1 Å². The number of thiazole rings is 1. The summed E-state index contributed by atoms with van der Waals surface area (Å²) in [5.41, 5.74) is 1.67. The molecule has 0 aliphatic carbocycles. The molecule has 1 aromatic carbocycles. The molecule has 0 atom stereocenters. The number of methoxy groups -OCH3 is 1. The van der Waals surface area contributed by atoms with Crippen LogP contribution in [0.4, 0.5) is 0 Å². The van der Waals surface area contributed by atoms with Gasteiger partial charge in [0.25, 0.3) is 0 Å². The van der Waals surface area contributed by atoms with Crippen LogP contribution in [0.5, 0.6) is 11.5 Å². The van der Waals surface area contributed by atoms with Gasteiger partial charge in [-0.25, -0.2) is 4.98 Å². The first-order valence-electron chi connectivity index (χ1n) is 5.80. The van der Waals surface area contributed by atoms with Crippen molar-refractivity contribution in [3.05, 3.63) is 28.8 Å². The Kier molecular flexibility index (Phi) is 4.36. The smallest absolute Gasteiger partial charge is 0.158 e. The summed E-state index contributed by atoms with van der Waals surface area (Å²) in [5.74, 6) is -0.274. The van der Waals surface area contributed by atoms with Gasteiger partial charge >= 0.3 is 0 Å². The van der Waals surface area contributed by atoms with Crippen molar-refractivity contribution in [3.63, 3.8) is 0 Å². The van der Waals surface area contributed by atoms with E-state index in [2.05, 4.69) is 10.3 Å². The number of benzene rings is 1. The zero-order valence-corrected chi connectivity index (χ0v) is 11.6. The molecule has 1 heterocycles. The van der Waals surface area contributed by atoms with Crippen molar-refractivity contribution in [2.45, 2.75) is 13.2 Å². The molecule has 3 N–H and O–H groups in total. The first kappa shape index (κ1) is 13.8. The van der Waals surface area contributed by atoms with E-state index < -0.39 is 0 Å². The Balaban J connectivity index is 2.38. The first-order valence-corrected chi connectivity index (χ1v) is 6.61. The van der Waals surface area contributed by atoms with Crippen molar-refractivity contribution < 1.29 is 14.9 Å². The van der Waals surface area contributed by atoms with E-state index in [-0.39, 0.29) is 11.5 Å². The maximum Gasteiger partial charge on any atom is 0.158 e. The van der Waals surface area contributed by atoms with Gasteiger partial charge in [-0.15, -0.1) is 11.3 Å². The lowest BCUT2D eigenvalue weighted by Crippen LogP contribution is -2.06. The van der Waals surface area contributed by atoms with Crippen LogP contribution in [0.2, 0.25) is 0 Å². The fraction of sp³-hybridized carbons (Fsp3) is 0.308. The third-order valence-electron chi connectivity index (χ3n) is 2.62. The zero-order valence-electron chi connectivity index (χ0n) is 10.8. The van der Waals surface area contributed by atoms with E-state index in [0.717, 1.165) is 27.7 Å². The highest BCUT2D eigenvalue weighted by atomic mass is 32.1. The van der Waals surface area contributed by atoms with Crippen molar-refractivity contribution >= 4 is 11.3 Å². The van der Waals surface area contributed by atoms with Gasteiger partial charge in [-0.05, 0) is 25.2 Å². The molecule has 19 heavy (non-hydrogen) atoms. The molecule has 2 rings (SSSR count). The summed E-state index contributed by atoms with van der Waals surface area (Å²) in [5, 5.41) is 22.7. The number of aromatic nitrogens is 1. The van der Waals surface area contributed by atoms with Gasteiger partial charge in [0.15, 0.2) is 11.5 Å². The molecule has 0 saturated carbocycles. The average molecular weight is 280 g/mol. The summed E-state index contributed by atoms with van der Waals surface area (Å²) in [6, 6.07) is 4.70. The number of nitrogens with one attached hydrogen (secondary N) is 1. The fourth-order valence-electron chi connectivity index (χ4n) is 1.71. The van der Waals surface area contributed by atoms with Gasteiger partial charge in [-0.1, -0.05) is 0 Å². The van der Waals surface area contributed by atoms with Crippen molar-refractivity contribution in [3.8, 4) is 22.1 Å². The molecule has 0 aliphatic heterocycles. The van der Waals surface area contributed by atoms with Gasteiger partial charge in [-0.2, -0.15) is 0 Å². The number of aromatic hydroxyl groups is 2. The molecular formula is C13H16N2O3S. The second kappa shape index (κ2) is 6.01. The molecule has 0 aliphatic rings. The predicted octanol–water partition coefficient (Wildman–Crippen LogP) is 2.09. The third-order valence-corrected chi connectivity index (χ3v) is 3.77. The van der Waals surface area contributed by atoms with Gasteiger partial charge in [-0.3, -0.25) is 0 Å². The van der Waals surface area contributed by atoms with Crippen molar-refractivity contribution in [1.29, 1.82) is 0 Å². The van der Waals surface area contributed by atoms with Crippen molar-refractivity contribution in [1.82, 2.24) is 10.3 Å². The van der Waals surface area contributed by atoms with Crippen LogP contribution in [0, 0.1) is 0 Å². The number of hydrogen-bond donors (Lipinski definition) is 3. The number of rotatable bonds is 5. The standard InChI is InChI=1S/C13H16N2O3S/c1-14-6-12-9(7-18-2)15-13(19-12)8-3-4-10(16)11(17)5-8/h3-5,14,16-17H,6-7H2,1-2H3. The second-order valence-corrected chi connectivity index (χ2v) is 5.14. The monoisotopic (exact) mass is 280 g/mol. The topological polar surface area (TPSA) is 74.6 Å². The Morgan fingerprint density at radius 3 is 2.74 bits per heavy atom. The van der Waals surface area contributed by atoms with Gasteiger partial charge in [0.05, 0.1) is 12.3 Å². The molecule has 0 saturated heterocycles. The number of nitrogens with zero attached hydrogens (tertiary/aromatic N) is 1.